The highest BCUT2D eigenvalue weighted by Crippen LogP contribution is 2.30. The van der Waals surface area contributed by atoms with Gasteiger partial charge in [-0.25, -0.2) is 15.0 Å². The molecule has 0 bridgehead atoms. The van der Waals surface area contributed by atoms with Crippen molar-refractivity contribution >= 4 is 23.2 Å². The maximum Gasteiger partial charge on any atom is 0.433 e. The van der Waals surface area contributed by atoms with E-state index in [2.05, 4.69) is 26.8 Å². The molecule has 10 heteroatoms. The number of halogens is 3. The van der Waals surface area contributed by atoms with Crippen LogP contribution in [0.15, 0.2) is 43.4 Å². The van der Waals surface area contributed by atoms with Crippen molar-refractivity contribution in [3.05, 3.63) is 49.1 Å². The predicted octanol–water partition coefficient (Wildman–Crippen LogP) is 2.86. The highest BCUT2D eigenvalue weighted by Gasteiger charge is 2.32. The molecule has 28 heavy (non-hydrogen) atoms. The summed E-state index contributed by atoms with van der Waals surface area (Å²) in [4.78, 5) is 27.6. The lowest BCUT2D eigenvalue weighted by Gasteiger charge is -2.40. The van der Waals surface area contributed by atoms with E-state index in [9.17, 15) is 18.0 Å². The van der Waals surface area contributed by atoms with Crippen molar-refractivity contribution in [3.8, 4) is 0 Å². The molecule has 1 amide bonds. The molecule has 1 fully saturated rings. The Morgan fingerprint density at radius 3 is 2.61 bits per heavy atom. The van der Waals surface area contributed by atoms with Crippen LogP contribution in [0.3, 0.4) is 0 Å². The largest absolute Gasteiger partial charge is 0.433 e. The number of aromatic nitrogens is 3. The number of pyridine rings is 1. The summed E-state index contributed by atoms with van der Waals surface area (Å²) < 4.78 is 38.0. The minimum atomic E-state index is -4.49. The average molecular weight is 392 g/mol. The molecule has 0 aromatic carbocycles. The lowest BCUT2D eigenvalue weighted by molar-refractivity contribution is -0.141. The second-order valence-electron chi connectivity index (χ2n) is 6.31. The van der Waals surface area contributed by atoms with E-state index in [1.165, 1.54) is 24.5 Å². The zero-order valence-corrected chi connectivity index (χ0v) is 15.1. The zero-order valence-electron chi connectivity index (χ0n) is 15.1. The Hall–Kier alpha value is -3.17. The molecule has 3 rings (SSSR count). The van der Waals surface area contributed by atoms with Gasteiger partial charge in [0, 0.05) is 38.1 Å². The predicted molar refractivity (Wildman–Crippen MR) is 98.1 cm³/mol. The maximum absolute atomic E-state index is 12.7. The molecular formula is C18H19F3N6O. The van der Waals surface area contributed by atoms with Gasteiger partial charge < -0.3 is 15.1 Å². The molecule has 0 saturated carbocycles. The summed E-state index contributed by atoms with van der Waals surface area (Å²) in [5.74, 6) is 0.833. The van der Waals surface area contributed by atoms with Crippen molar-refractivity contribution in [2.24, 2.45) is 0 Å². The van der Waals surface area contributed by atoms with Crippen molar-refractivity contribution in [1.29, 1.82) is 0 Å². The van der Waals surface area contributed by atoms with Gasteiger partial charge in [-0.2, -0.15) is 13.2 Å². The van der Waals surface area contributed by atoms with Crippen molar-refractivity contribution in [2.75, 3.05) is 29.9 Å². The van der Waals surface area contributed by atoms with E-state index in [0.29, 0.717) is 37.0 Å². The highest BCUT2D eigenvalue weighted by atomic mass is 19.4. The van der Waals surface area contributed by atoms with Gasteiger partial charge in [0.15, 0.2) is 11.6 Å². The van der Waals surface area contributed by atoms with E-state index in [1.807, 2.05) is 11.8 Å². The number of carbonyl (C=O) groups excluding carboxylic acids is 1. The van der Waals surface area contributed by atoms with Gasteiger partial charge in [-0.05, 0) is 25.1 Å². The number of carbonyl (C=O) groups is 1. The zero-order chi connectivity index (χ0) is 20.3. The van der Waals surface area contributed by atoms with Crippen molar-refractivity contribution in [3.63, 3.8) is 0 Å². The van der Waals surface area contributed by atoms with Gasteiger partial charge in [0.2, 0.25) is 5.91 Å². The first kappa shape index (κ1) is 19.6. The molecule has 1 aliphatic heterocycles. The van der Waals surface area contributed by atoms with Crippen LogP contribution in [0.25, 0.3) is 0 Å². The molecule has 0 unspecified atom stereocenters. The van der Waals surface area contributed by atoms with Gasteiger partial charge in [-0.1, -0.05) is 6.58 Å². The first-order chi connectivity index (χ1) is 13.3. The molecule has 1 aliphatic rings. The van der Waals surface area contributed by atoms with Crippen LogP contribution in [0.1, 0.15) is 12.6 Å². The SMILES string of the molecule is C=CC(=O)N1CCN(c2nccnc2Nc2ccc(C(F)(F)F)nc2)C[C@H]1C. The van der Waals surface area contributed by atoms with Crippen molar-refractivity contribution in [2.45, 2.75) is 19.1 Å². The number of nitrogens with one attached hydrogen (secondary N) is 1. The van der Waals surface area contributed by atoms with Crippen LogP contribution in [-0.2, 0) is 11.0 Å². The first-order valence-electron chi connectivity index (χ1n) is 8.59. The molecule has 7 nitrogen and oxygen atoms in total. The van der Waals surface area contributed by atoms with E-state index >= 15 is 0 Å². The summed E-state index contributed by atoms with van der Waals surface area (Å²) in [5, 5.41) is 2.97. The van der Waals surface area contributed by atoms with E-state index in [4.69, 9.17) is 0 Å². The van der Waals surface area contributed by atoms with Crippen LogP contribution in [0.5, 0.6) is 0 Å². The molecule has 1 N–H and O–H groups in total. The van der Waals surface area contributed by atoms with E-state index in [0.717, 1.165) is 12.3 Å². The normalized spacial score (nSPS) is 17.4. The molecule has 3 heterocycles. The molecule has 1 saturated heterocycles. The highest BCUT2D eigenvalue weighted by molar-refractivity contribution is 5.87. The van der Waals surface area contributed by atoms with Crippen molar-refractivity contribution < 1.29 is 18.0 Å². The maximum atomic E-state index is 12.7. The Kier molecular flexibility index (Phi) is 5.48. The van der Waals surface area contributed by atoms with Gasteiger partial charge in [-0.15, -0.1) is 0 Å². The van der Waals surface area contributed by atoms with Gasteiger partial charge in [0.05, 0.1) is 11.9 Å². The summed E-state index contributed by atoms with van der Waals surface area (Å²) >= 11 is 0. The summed E-state index contributed by atoms with van der Waals surface area (Å²) in [5.41, 5.74) is -0.600. The number of piperazine rings is 1. The van der Waals surface area contributed by atoms with Crippen LogP contribution in [0, 0.1) is 0 Å². The third-order valence-electron chi connectivity index (χ3n) is 4.38. The second-order valence-corrected chi connectivity index (χ2v) is 6.31. The fourth-order valence-corrected chi connectivity index (χ4v) is 3.02. The van der Waals surface area contributed by atoms with Crippen LogP contribution in [-0.4, -0.2) is 51.4 Å². The van der Waals surface area contributed by atoms with Gasteiger partial charge >= 0.3 is 6.18 Å². The van der Waals surface area contributed by atoms with E-state index < -0.39 is 11.9 Å². The number of hydrogen-bond donors (Lipinski definition) is 1. The fourth-order valence-electron chi connectivity index (χ4n) is 3.02. The molecule has 1 atom stereocenters. The molecule has 0 aliphatic carbocycles. The van der Waals surface area contributed by atoms with Gasteiger partial charge in [0.1, 0.15) is 5.69 Å². The quantitative estimate of drug-likeness (QED) is 0.807. The monoisotopic (exact) mass is 392 g/mol. The minimum Gasteiger partial charge on any atom is -0.350 e. The molecule has 148 valence electrons. The van der Waals surface area contributed by atoms with Crippen LogP contribution >= 0.6 is 0 Å². The van der Waals surface area contributed by atoms with E-state index in [1.54, 1.807) is 4.90 Å². The van der Waals surface area contributed by atoms with Crippen LogP contribution in [0.2, 0.25) is 0 Å². The second kappa shape index (κ2) is 7.83. The Bertz CT molecular complexity index is 855. The Morgan fingerprint density at radius 2 is 2.00 bits per heavy atom. The number of rotatable bonds is 4. The van der Waals surface area contributed by atoms with Gasteiger partial charge in [-0.3, -0.25) is 4.79 Å². The molecule has 2 aromatic rings. The molecular weight excluding hydrogens is 373 g/mol. The van der Waals surface area contributed by atoms with Gasteiger partial charge in [0.25, 0.3) is 0 Å². The number of anilines is 3. The molecule has 0 radical (unpaired) electrons. The number of nitrogens with zero attached hydrogens (tertiary/aromatic N) is 5. The third kappa shape index (κ3) is 4.21. The van der Waals surface area contributed by atoms with E-state index in [-0.39, 0.29) is 11.9 Å². The van der Waals surface area contributed by atoms with Crippen LogP contribution < -0.4 is 10.2 Å². The number of amides is 1. The van der Waals surface area contributed by atoms with Crippen LogP contribution in [0.4, 0.5) is 30.5 Å². The number of alkyl halides is 3. The fraction of sp³-hybridized carbons (Fsp3) is 0.333. The average Bonchev–Trinajstić information content (AvgIpc) is 2.67. The lowest BCUT2D eigenvalue weighted by Crippen LogP contribution is -2.54. The van der Waals surface area contributed by atoms with Crippen molar-refractivity contribution in [1.82, 2.24) is 19.9 Å². The minimum absolute atomic E-state index is 0.0539. The molecule has 0 spiro atoms. The standard InChI is InChI=1S/C18H19F3N6O/c1-3-15(28)27-9-8-26(11-12(27)2)17-16(22-6-7-23-17)25-13-4-5-14(24-10-13)18(19,20)21/h3-7,10,12H,1,8-9,11H2,2H3,(H,22,25)/t12-/m1/s1. The molecule has 2 aromatic heterocycles. The Morgan fingerprint density at radius 1 is 1.25 bits per heavy atom. The summed E-state index contributed by atoms with van der Waals surface area (Å²) in [6.07, 6.45) is 0.931. The summed E-state index contributed by atoms with van der Waals surface area (Å²) in [7, 11) is 0. The third-order valence-corrected chi connectivity index (χ3v) is 4.38. The smallest absolute Gasteiger partial charge is 0.350 e. The summed E-state index contributed by atoms with van der Waals surface area (Å²) in [6, 6.07) is 2.14. The first-order valence-corrected chi connectivity index (χ1v) is 8.59. The lowest BCUT2D eigenvalue weighted by atomic mass is 10.2. The Labute approximate surface area is 159 Å². The summed E-state index contributed by atoms with van der Waals surface area (Å²) in [6.45, 7) is 7.03. The Balaban J connectivity index is 1.77. The number of hydrogen-bond acceptors (Lipinski definition) is 6. The topological polar surface area (TPSA) is 74.2 Å².